The third-order valence-corrected chi connectivity index (χ3v) is 5.11. The summed E-state index contributed by atoms with van der Waals surface area (Å²) >= 11 is 3.61. The van der Waals surface area contributed by atoms with Gasteiger partial charge >= 0.3 is 5.97 Å². The zero-order valence-corrected chi connectivity index (χ0v) is 14.4. The Labute approximate surface area is 130 Å². The molecule has 0 spiro atoms. The van der Waals surface area contributed by atoms with Gasteiger partial charge in [-0.3, -0.25) is 10.1 Å². The van der Waals surface area contributed by atoms with Gasteiger partial charge in [-0.25, -0.2) is 0 Å². The van der Waals surface area contributed by atoms with Crippen molar-refractivity contribution in [3.05, 3.63) is 17.5 Å². The van der Waals surface area contributed by atoms with E-state index in [1.165, 1.54) is 4.21 Å². The number of nitrogens with one attached hydrogen (secondary N) is 1. The zero-order chi connectivity index (χ0) is 15.0. The number of hydrogen-bond acceptors (Lipinski definition) is 5. The number of hydrogen-bond donors (Lipinski definition) is 1. The quantitative estimate of drug-likeness (QED) is 0.425. The first-order valence-electron chi connectivity index (χ1n) is 7.09. The number of thiophene rings is 1. The molecule has 1 aromatic heterocycles. The highest BCUT2D eigenvalue weighted by Crippen LogP contribution is 2.26. The van der Waals surface area contributed by atoms with Crippen LogP contribution >= 0.6 is 23.1 Å². The largest absolute Gasteiger partial charge is 0.465 e. The molecule has 114 valence electrons. The molecule has 1 aromatic rings. The summed E-state index contributed by atoms with van der Waals surface area (Å²) in [5.74, 6) is 0.879. The van der Waals surface area contributed by atoms with Crippen molar-refractivity contribution in [1.29, 1.82) is 0 Å². The summed E-state index contributed by atoms with van der Waals surface area (Å²) in [5.41, 5.74) is -0.583. The predicted octanol–water partition coefficient (Wildman–Crippen LogP) is 3.94. The molecule has 0 saturated carbocycles. The van der Waals surface area contributed by atoms with Crippen LogP contribution in [0.5, 0.6) is 0 Å². The van der Waals surface area contributed by atoms with E-state index in [4.69, 9.17) is 4.74 Å². The second kappa shape index (κ2) is 8.70. The number of thioether (sulfide) groups is 1. The lowest BCUT2D eigenvalue weighted by Gasteiger charge is -2.30. The summed E-state index contributed by atoms with van der Waals surface area (Å²) in [6, 6.07) is 4.46. The van der Waals surface area contributed by atoms with Gasteiger partial charge in [-0.15, -0.1) is 23.1 Å². The minimum Gasteiger partial charge on any atom is -0.465 e. The van der Waals surface area contributed by atoms with E-state index >= 15 is 0 Å². The van der Waals surface area contributed by atoms with Gasteiger partial charge in [-0.1, -0.05) is 6.07 Å². The van der Waals surface area contributed by atoms with Gasteiger partial charge in [-0.05, 0) is 57.7 Å². The van der Waals surface area contributed by atoms with Crippen LogP contribution in [0, 0.1) is 0 Å². The fourth-order valence-corrected chi connectivity index (χ4v) is 3.91. The Morgan fingerprint density at radius 3 is 2.85 bits per heavy atom. The van der Waals surface area contributed by atoms with E-state index in [1.807, 2.05) is 25.6 Å². The van der Waals surface area contributed by atoms with Crippen molar-refractivity contribution < 1.29 is 9.53 Å². The summed E-state index contributed by atoms with van der Waals surface area (Å²) in [6.45, 7) is 8.33. The summed E-state index contributed by atoms with van der Waals surface area (Å²) in [4.78, 5) is 12.1. The van der Waals surface area contributed by atoms with E-state index in [0.29, 0.717) is 6.61 Å². The van der Waals surface area contributed by atoms with Gasteiger partial charge in [0.25, 0.3) is 0 Å². The molecule has 0 fully saturated rings. The number of rotatable bonds is 9. The smallest absolute Gasteiger partial charge is 0.326 e. The van der Waals surface area contributed by atoms with E-state index < -0.39 is 5.54 Å². The standard InChI is InChI=1S/C15H25NO2S2/c1-5-18-14(17)15(4,16-12(2)3)9-7-11-20-13-8-6-10-19-13/h6,8,10,12,16H,5,7,9,11H2,1-4H3. The molecule has 0 amide bonds. The van der Waals surface area contributed by atoms with Crippen molar-refractivity contribution in [1.82, 2.24) is 5.32 Å². The highest BCUT2D eigenvalue weighted by atomic mass is 32.2. The number of ether oxygens (including phenoxy) is 1. The van der Waals surface area contributed by atoms with Gasteiger partial charge in [0.2, 0.25) is 0 Å². The second-order valence-electron chi connectivity index (χ2n) is 5.24. The van der Waals surface area contributed by atoms with Crippen molar-refractivity contribution in [2.45, 2.75) is 56.3 Å². The van der Waals surface area contributed by atoms with Gasteiger partial charge in [0.1, 0.15) is 5.54 Å². The maximum Gasteiger partial charge on any atom is 0.326 e. The van der Waals surface area contributed by atoms with Crippen molar-refractivity contribution in [2.24, 2.45) is 0 Å². The highest BCUT2D eigenvalue weighted by molar-refractivity contribution is 8.01. The first-order valence-corrected chi connectivity index (χ1v) is 8.95. The van der Waals surface area contributed by atoms with Crippen LogP contribution < -0.4 is 5.32 Å². The Morgan fingerprint density at radius 1 is 1.55 bits per heavy atom. The zero-order valence-electron chi connectivity index (χ0n) is 12.8. The monoisotopic (exact) mass is 315 g/mol. The van der Waals surface area contributed by atoms with Crippen LogP contribution in [0.4, 0.5) is 0 Å². The first kappa shape index (κ1) is 17.5. The lowest BCUT2D eigenvalue weighted by molar-refractivity contribution is -0.151. The van der Waals surface area contributed by atoms with Gasteiger partial charge < -0.3 is 4.74 Å². The molecule has 0 bridgehead atoms. The Hall–Kier alpha value is -0.520. The molecule has 0 saturated heterocycles. The van der Waals surface area contributed by atoms with Crippen molar-refractivity contribution in [3.8, 4) is 0 Å². The molecule has 0 radical (unpaired) electrons. The second-order valence-corrected chi connectivity index (χ2v) is 7.58. The Bertz CT molecular complexity index is 393. The van der Waals surface area contributed by atoms with Gasteiger partial charge in [0.15, 0.2) is 0 Å². The summed E-state index contributed by atoms with van der Waals surface area (Å²) < 4.78 is 6.54. The predicted molar refractivity (Wildman–Crippen MR) is 87.6 cm³/mol. The molecule has 1 heterocycles. The molecule has 0 aliphatic heterocycles. The SMILES string of the molecule is CCOC(=O)C(C)(CCCSc1cccs1)NC(C)C. The van der Waals surface area contributed by atoms with E-state index in [2.05, 4.69) is 36.7 Å². The van der Waals surface area contributed by atoms with Crippen LogP contribution in [0.25, 0.3) is 0 Å². The average Bonchev–Trinajstić information content (AvgIpc) is 2.87. The maximum absolute atomic E-state index is 12.1. The Kier molecular flexibility index (Phi) is 7.62. The highest BCUT2D eigenvalue weighted by Gasteiger charge is 2.34. The number of carbonyl (C=O) groups is 1. The molecular formula is C15H25NO2S2. The molecule has 0 aromatic carbocycles. The maximum atomic E-state index is 12.1. The molecule has 1 N–H and O–H groups in total. The Morgan fingerprint density at radius 2 is 2.30 bits per heavy atom. The van der Waals surface area contributed by atoms with Crippen LogP contribution in [-0.2, 0) is 9.53 Å². The fraction of sp³-hybridized carbons (Fsp3) is 0.667. The minimum absolute atomic E-state index is 0.144. The average molecular weight is 316 g/mol. The Balaban J connectivity index is 2.45. The molecule has 1 atom stereocenters. The minimum atomic E-state index is -0.583. The molecule has 5 heteroatoms. The van der Waals surface area contributed by atoms with E-state index in [0.717, 1.165) is 18.6 Å². The molecule has 20 heavy (non-hydrogen) atoms. The van der Waals surface area contributed by atoms with Crippen LogP contribution in [0.1, 0.15) is 40.5 Å². The summed E-state index contributed by atoms with van der Waals surface area (Å²) in [5, 5.41) is 5.44. The van der Waals surface area contributed by atoms with Crippen molar-refractivity contribution in [3.63, 3.8) is 0 Å². The first-order chi connectivity index (χ1) is 9.48. The third-order valence-electron chi connectivity index (χ3n) is 2.89. The topological polar surface area (TPSA) is 38.3 Å². The third kappa shape index (κ3) is 5.85. The summed E-state index contributed by atoms with van der Waals surface area (Å²) in [7, 11) is 0. The van der Waals surface area contributed by atoms with E-state index in [1.54, 1.807) is 11.3 Å². The molecular weight excluding hydrogens is 290 g/mol. The van der Waals surface area contributed by atoms with E-state index in [-0.39, 0.29) is 12.0 Å². The van der Waals surface area contributed by atoms with Crippen molar-refractivity contribution >= 4 is 29.1 Å². The lowest BCUT2D eigenvalue weighted by atomic mass is 9.95. The molecule has 0 aliphatic carbocycles. The van der Waals surface area contributed by atoms with Gasteiger partial charge in [0, 0.05) is 6.04 Å². The van der Waals surface area contributed by atoms with Crippen molar-refractivity contribution in [2.75, 3.05) is 12.4 Å². The fourth-order valence-electron chi connectivity index (χ4n) is 2.10. The summed E-state index contributed by atoms with van der Waals surface area (Å²) in [6.07, 6.45) is 1.78. The van der Waals surface area contributed by atoms with Crippen LogP contribution in [0.3, 0.4) is 0 Å². The van der Waals surface area contributed by atoms with Crippen LogP contribution in [0.2, 0.25) is 0 Å². The number of esters is 1. The molecule has 3 nitrogen and oxygen atoms in total. The molecule has 1 rings (SSSR count). The lowest BCUT2D eigenvalue weighted by Crippen LogP contribution is -2.53. The van der Waals surface area contributed by atoms with Crippen LogP contribution in [0.15, 0.2) is 21.7 Å². The van der Waals surface area contributed by atoms with Gasteiger partial charge in [-0.2, -0.15) is 0 Å². The molecule has 1 unspecified atom stereocenters. The van der Waals surface area contributed by atoms with Crippen LogP contribution in [-0.4, -0.2) is 29.9 Å². The number of carbonyl (C=O) groups excluding carboxylic acids is 1. The van der Waals surface area contributed by atoms with Gasteiger partial charge in [0.05, 0.1) is 10.8 Å². The normalized spacial score (nSPS) is 14.2. The van der Waals surface area contributed by atoms with E-state index in [9.17, 15) is 4.79 Å². The molecule has 0 aliphatic rings.